The van der Waals surface area contributed by atoms with E-state index in [1.165, 1.54) is 18.6 Å². The molecule has 3 aromatic rings. The van der Waals surface area contributed by atoms with Crippen LogP contribution >= 0.6 is 0 Å². The van der Waals surface area contributed by atoms with Gasteiger partial charge in [0.2, 0.25) is 0 Å². The molecule has 0 atom stereocenters. The minimum atomic E-state index is -4.33. The van der Waals surface area contributed by atoms with E-state index in [9.17, 15) is 13.0 Å². The molecule has 5 nitrogen and oxygen atoms in total. The van der Waals surface area contributed by atoms with Gasteiger partial charge in [-0.25, -0.2) is 0 Å². The van der Waals surface area contributed by atoms with Crippen molar-refractivity contribution in [3.8, 4) is 11.5 Å². The Labute approximate surface area is 219 Å². The number of rotatable bonds is 13. The average molecular weight is 483 g/mol. The molecule has 0 fully saturated rings. The van der Waals surface area contributed by atoms with Crippen LogP contribution in [0.25, 0.3) is 21.5 Å². The molecule has 7 heteroatoms. The summed E-state index contributed by atoms with van der Waals surface area (Å²) in [5.41, 5.74) is 0. The molecule has 1 N–H and O–H groups in total. The molecular weight excluding hydrogens is 447 g/mol. The third-order valence-electron chi connectivity index (χ3n) is 5.68. The molecule has 0 aliphatic rings. The predicted molar refractivity (Wildman–Crippen MR) is 138 cm³/mol. The Kier molecular flexibility index (Phi) is 11.5. The van der Waals surface area contributed by atoms with Crippen LogP contribution in [0.1, 0.15) is 65.2 Å². The average Bonchev–Trinajstić information content (AvgIpc) is 2.78. The van der Waals surface area contributed by atoms with Crippen molar-refractivity contribution in [2.24, 2.45) is 0 Å². The Bertz CT molecular complexity index is 1140. The molecule has 3 rings (SSSR count). The molecule has 0 spiro atoms. The molecule has 0 unspecified atom stereocenters. The zero-order valence-electron chi connectivity index (χ0n) is 19.1. The van der Waals surface area contributed by atoms with E-state index in [-0.39, 0.29) is 34.5 Å². The molecule has 33 heavy (non-hydrogen) atoms. The van der Waals surface area contributed by atoms with E-state index < -0.39 is 10.1 Å². The van der Waals surface area contributed by atoms with Crippen LogP contribution in [0.4, 0.5) is 0 Å². The van der Waals surface area contributed by atoms with Gasteiger partial charge in [-0.2, -0.15) is 8.42 Å². The van der Waals surface area contributed by atoms with E-state index >= 15 is 0 Å². The van der Waals surface area contributed by atoms with Crippen LogP contribution < -0.4 is 9.47 Å². The zero-order chi connectivity index (χ0) is 23.0. The van der Waals surface area contributed by atoms with E-state index in [4.69, 9.17) is 9.47 Å². The van der Waals surface area contributed by atoms with Gasteiger partial charge in [0.15, 0.2) is 0 Å². The Balaban J connectivity index is 0.00000385. The van der Waals surface area contributed by atoms with Gasteiger partial charge < -0.3 is 9.47 Å². The SMILES string of the molecule is CCCCCCOc1c2ccccc2c(OCCCCCC)c2cc(S(=O)(=O)O)ccc12.[NaH]. The van der Waals surface area contributed by atoms with Crippen molar-refractivity contribution in [3.63, 3.8) is 0 Å². The molecule has 0 radical (unpaired) electrons. The number of unbranched alkanes of at least 4 members (excludes halogenated alkanes) is 6. The first-order chi connectivity index (χ1) is 15.5. The first-order valence-electron chi connectivity index (χ1n) is 11.7. The topological polar surface area (TPSA) is 72.8 Å². The van der Waals surface area contributed by atoms with Gasteiger partial charge in [-0.1, -0.05) is 76.6 Å². The van der Waals surface area contributed by atoms with Gasteiger partial charge in [-0.05, 0) is 31.0 Å². The predicted octanol–water partition coefficient (Wildman–Crippen LogP) is 6.51. The summed E-state index contributed by atoms with van der Waals surface area (Å²) in [6.45, 7) is 5.48. The Morgan fingerprint density at radius 1 is 0.697 bits per heavy atom. The van der Waals surface area contributed by atoms with E-state index in [1.54, 1.807) is 6.07 Å². The summed E-state index contributed by atoms with van der Waals surface area (Å²) in [4.78, 5) is -0.148. The van der Waals surface area contributed by atoms with Crippen LogP contribution in [0.15, 0.2) is 47.4 Å². The molecule has 0 heterocycles. The van der Waals surface area contributed by atoms with E-state index in [2.05, 4.69) is 13.8 Å². The first kappa shape index (κ1) is 27.9. The van der Waals surface area contributed by atoms with Crippen molar-refractivity contribution in [1.82, 2.24) is 0 Å². The summed E-state index contributed by atoms with van der Waals surface area (Å²) in [6.07, 6.45) is 8.72. The van der Waals surface area contributed by atoms with Gasteiger partial charge in [0.25, 0.3) is 10.1 Å². The second-order valence-corrected chi connectivity index (χ2v) is 9.63. The number of hydrogen-bond donors (Lipinski definition) is 1. The fourth-order valence-electron chi connectivity index (χ4n) is 3.96. The maximum atomic E-state index is 11.8. The standard InChI is InChI=1S/C26H34O5S.Na.H/c1-3-5-7-11-17-30-25-21-13-9-10-14-22(21)26(31-18-12-8-6-4-2)24-19-20(32(27,28)29)15-16-23(24)25;;/h9-10,13-16,19H,3-8,11-12,17-18H2,1-2H3,(H,27,28,29);;. The molecule has 0 aromatic heterocycles. The van der Waals surface area contributed by atoms with Crippen LogP contribution in [0.3, 0.4) is 0 Å². The van der Waals surface area contributed by atoms with Gasteiger partial charge in [-0.3, -0.25) is 4.55 Å². The van der Waals surface area contributed by atoms with Crippen LogP contribution in [0, 0.1) is 0 Å². The molecular formula is C26H35NaO5S. The summed E-state index contributed by atoms with van der Waals surface area (Å²) in [5, 5.41) is 3.25. The van der Waals surface area contributed by atoms with Crippen molar-refractivity contribution in [2.75, 3.05) is 13.2 Å². The summed E-state index contributed by atoms with van der Waals surface area (Å²) >= 11 is 0. The number of ether oxygens (including phenoxy) is 2. The van der Waals surface area contributed by atoms with Crippen molar-refractivity contribution in [2.45, 2.75) is 70.1 Å². The van der Waals surface area contributed by atoms with E-state index in [0.717, 1.165) is 66.9 Å². The number of benzene rings is 3. The third kappa shape index (κ3) is 7.33. The second-order valence-electron chi connectivity index (χ2n) is 8.20. The molecule has 3 aromatic carbocycles. The van der Waals surface area contributed by atoms with Gasteiger partial charge >= 0.3 is 29.6 Å². The van der Waals surface area contributed by atoms with Crippen molar-refractivity contribution >= 4 is 61.2 Å². The van der Waals surface area contributed by atoms with Crippen LogP contribution in [0.2, 0.25) is 0 Å². The normalized spacial score (nSPS) is 11.5. The quantitative estimate of drug-likeness (QED) is 0.130. The fourth-order valence-corrected chi connectivity index (χ4v) is 4.46. The molecule has 0 saturated heterocycles. The van der Waals surface area contributed by atoms with E-state index in [0.29, 0.717) is 24.3 Å². The Morgan fingerprint density at radius 2 is 1.18 bits per heavy atom. The maximum absolute atomic E-state index is 11.8. The van der Waals surface area contributed by atoms with Crippen molar-refractivity contribution in [1.29, 1.82) is 0 Å². The molecule has 0 bridgehead atoms. The van der Waals surface area contributed by atoms with E-state index in [1.807, 2.05) is 24.3 Å². The third-order valence-corrected chi connectivity index (χ3v) is 6.53. The Hall–Kier alpha value is -1.31. The summed E-state index contributed by atoms with van der Waals surface area (Å²) < 4.78 is 45.7. The fraction of sp³-hybridized carbons (Fsp3) is 0.462. The van der Waals surface area contributed by atoms with Crippen molar-refractivity contribution in [3.05, 3.63) is 42.5 Å². The summed E-state index contributed by atoms with van der Waals surface area (Å²) in [5.74, 6) is 1.36. The van der Waals surface area contributed by atoms with Crippen molar-refractivity contribution < 1.29 is 22.4 Å². The van der Waals surface area contributed by atoms with Crippen LogP contribution in [-0.4, -0.2) is 55.7 Å². The van der Waals surface area contributed by atoms with Gasteiger partial charge in [0.1, 0.15) is 11.5 Å². The van der Waals surface area contributed by atoms with Gasteiger partial charge in [-0.15, -0.1) is 0 Å². The molecule has 0 aliphatic carbocycles. The number of hydrogen-bond acceptors (Lipinski definition) is 4. The molecule has 0 aliphatic heterocycles. The molecule has 0 saturated carbocycles. The monoisotopic (exact) mass is 482 g/mol. The molecule has 176 valence electrons. The van der Waals surface area contributed by atoms with Crippen LogP contribution in [-0.2, 0) is 10.1 Å². The number of fused-ring (bicyclic) bond motifs is 2. The first-order valence-corrected chi connectivity index (χ1v) is 13.1. The Morgan fingerprint density at radius 3 is 1.67 bits per heavy atom. The van der Waals surface area contributed by atoms with Gasteiger partial charge in [0.05, 0.1) is 18.1 Å². The zero-order valence-corrected chi connectivity index (χ0v) is 19.9. The van der Waals surface area contributed by atoms with Gasteiger partial charge in [0, 0.05) is 21.5 Å². The second kappa shape index (κ2) is 13.5. The summed E-state index contributed by atoms with van der Waals surface area (Å²) in [7, 11) is -4.33. The minimum absolute atomic E-state index is 0. The van der Waals surface area contributed by atoms with Crippen LogP contribution in [0.5, 0.6) is 11.5 Å². The summed E-state index contributed by atoms with van der Waals surface area (Å²) in [6, 6.07) is 12.5. The molecule has 0 amide bonds.